The van der Waals surface area contributed by atoms with Gasteiger partial charge < -0.3 is 10.1 Å². The van der Waals surface area contributed by atoms with E-state index in [0.29, 0.717) is 16.6 Å². The maximum absolute atomic E-state index is 11.6. The average molecular weight is 569 g/mol. The molecule has 0 radical (unpaired) electrons. The van der Waals surface area contributed by atoms with Crippen LogP contribution in [0.2, 0.25) is 0 Å². The molecule has 4 rings (SSSR count). The Balaban J connectivity index is 0.000000289. The molecule has 0 bridgehead atoms. The van der Waals surface area contributed by atoms with Crippen molar-refractivity contribution >= 4 is 50.2 Å². The summed E-state index contributed by atoms with van der Waals surface area (Å²) in [4.78, 5) is 32.3. The first-order valence-electron chi connectivity index (χ1n) is 9.65. The molecular weight excluding hydrogens is 546 g/mol. The molecule has 0 aliphatic carbocycles. The van der Waals surface area contributed by atoms with Gasteiger partial charge in [0.2, 0.25) is 0 Å². The van der Waals surface area contributed by atoms with Gasteiger partial charge in [-0.15, -0.1) is 28.3 Å². The molecule has 164 valence electrons. The summed E-state index contributed by atoms with van der Waals surface area (Å²) in [6, 6.07) is 10.5. The lowest BCUT2D eigenvalue weighted by molar-refractivity contribution is 0.0526. The van der Waals surface area contributed by atoms with E-state index in [1.165, 1.54) is 22.8 Å². The molecular formula is C22H23Br2N3O3S. The number of nitrogens with one attached hydrogen (secondary N) is 1. The van der Waals surface area contributed by atoms with E-state index < -0.39 is 0 Å². The van der Waals surface area contributed by atoms with Crippen molar-refractivity contribution in [3.8, 4) is 10.6 Å². The van der Waals surface area contributed by atoms with Gasteiger partial charge in [-0.25, -0.2) is 9.78 Å². The normalized spacial score (nSPS) is 12.3. The number of benzene rings is 1. The van der Waals surface area contributed by atoms with Crippen molar-refractivity contribution < 1.29 is 9.53 Å². The van der Waals surface area contributed by atoms with E-state index in [-0.39, 0.29) is 28.4 Å². The molecule has 1 aliphatic rings. The minimum absolute atomic E-state index is 0. The zero-order valence-corrected chi connectivity index (χ0v) is 21.1. The molecule has 1 N–H and O–H groups in total. The Morgan fingerprint density at radius 2 is 1.84 bits per heavy atom. The number of fused-ring (bicyclic) bond motifs is 1. The van der Waals surface area contributed by atoms with Gasteiger partial charge in [0.1, 0.15) is 5.01 Å². The van der Waals surface area contributed by atoms with Gasteiger partial charge in [0.05, 0.1) is 22.3 Å². The molecule has 0 fully saturated rings. The van der Waals surface area contributed by atoms with Crippen LogP contribution in [0.15, 0.2) is 58.1 Å². The number of carbonyl (C=O) groups is 1. The highest BCUT2D eigenvalue weighted by molar-refractivity contribution is 9.10. The number of aromatic nitrogens is 2. The summed E-state index contributed by atoms with van der Waals surface area (Å²) in [7, 11) is 0. The molecule has 3 aromatic rings. The Kier molecular flexibility index (Phi) is 10.5. The van der Waals surface area contributed by atoms with E-state index in [2.05, 4.69) is 26.2 Å². The lowest BCUT2D eigenvalue weighted by Crippen LogP contribution is -2.16. The van der Waals surface area contributed by atoms with Gasteiger partial charge in [-0.05, 0) is 47.5 Å². The molecule has 0 saturated heterocycles. The smallest absolute Gasteiger partial charge is 0.338 e. The van der Waals surface area contributed by atoms with Gasteiger partial charge in [-0.1, -0.05) is 12.1 Å². The van der Waals surface area contributed by atoms with Crippen molar-refractivity contribution in [2.45, 2.75) is 19.8 Å². The van der Waals surface area contributed by atoms with Crippen molar-refractivity contribution in [1.29, 1.82) is 0 Å². The minimum atomic E-state index is -0.273. The monoisotopic (exact) mass is 567 g/mol. The molecule has 1 aliphatic heterocycles. The topological polar surface area (TPSA) is 81.2 Å². The van der Waals surface area contributed by atoms with E-state index in [9.17, 15) is 9.59 Å². The zero-order chi connectivity index (χ0) is 21.3. The van der Waals surface area contributed by atoms with Gasteiger partial charge in [0.25, 0.3) is 0 Å². The summed E-state index contributed by atoms with van der Waals surface area (Å²) in [5, 5.41) is 4.43. The maximum Gasteiger partial charge on any atom is 0.338 e. The van der Waals surface area contributed by atoms with Crippen LogP contribution in [0.4, 0.5) is 0 Å². The van der Waals surface area contributed by atoms with Crippen LogP contribution in [0.5, 0.6) is 0 Å². The predicted molar refractivity (Wildman–Crippen MR) is 132 cm³/mol. The van der Waals surface area contributed by atoms with Gasteiger partial charge in [0, 0.05) is 48.4 Å². The highest BCUT2D eigenvalue weighted by Gasteiger charge is 2.15. The summed E-state index contributed by atoms with van der Waals surface area (Å²) in [5.41, 5.74) is 2.82. The molecule has 31 heavy (non-hydrogen) atoms. The predicted octanol–water partition coefficient (Wildman–Crippen LogP) is 4.46. The standard InChI is InChI=1S/C16H18N2O2S.C6H4BrNO.BrH/c1-2-20-16(19)12-5-3-11(4-6-12)15-18-13-7-9-17-10-8-14(13)21-15;7-5-1-3-8-4-2-6(5)9;/h3-6,17H,2,7-10H2,1H3;1-4H;1H. The number of carbonyl (C=O) groups excluding carboxylic acids is 1. The lowest BCUT2D eigenvalue weighted by Gasteiger charge is -2.02. The van der Waals surface area contributed by atoms with Crippen LogP contribution in [0.1, 0.15) is 27.9 Å². The second-order valence-corrected chi connectivity index (χ2v) is 8.37. The van der Waals surface area contributed by atoms with Crippen molar-refractivity contribution in [1.82, 2.24) is 15.3 Å². The third-order valence-corrected chi connectivity index (χ3v) is 6.20. The molecule has 0 saturated carbocycles. The van der Waals surface area contributed by atoms with Crippen LogP contribution in [0.3, 0.4) is 0 Å². The first-order chi connectivity index (χ1) is 14.6. The van der Waals surface area contributed by atoms with E-state index in [4.69, 9.17) is 9.72 Å². The molecule has 0 spiro atoms. The van der Waals surface area contributed by atoms with Crippen LogP contribution >= 0.6 is 44.2 Å². The highest BCUT2D eigenvalue weighted by atomic mass is 79.9. The Bertz CT molecular complexity index is 1030. The van der Waals surface area contributed by atoms with E-state index >= 15 is 0 Å². The van der Waals surface area contributed by atoms with Crippen LogP contribution in [-0.2, 0) is 17.6 Å². The van der Waals surface area contributed by atoms with Crippen molar-refractivity contribution in [2.24, 2.45) is 0 Å². The SMILES string of the molecule is Br.CCOC(=O)c1ccc(-c2nc3c(s2)CCNCC3)cc1.O=c1ccnccc1Br. The number of halogens is 2. The van der Waals surface area contributed by atoms with Crippen molar-refractivity contribution in [3.05, 3.63) is 79.6 Å². The molecule has 0 atom stereocenters. The minimum Gasteiger partial charge on any atom is -0.462 e. The van der Waals surface area contributed by atoms with Crippen LogP contribution in [-0.4, -0.2) is 35.6 Å². The Morgan fingerprint density at radius 3 is 2.58 bits per heavy atom. The zero-order valence-electron chi connectivity index (χ0n) is 17.0. The largest absolute Gasteiger partial charge is 0.462 e. The van der Waals surface area contributed by atoms with E-state index in [0.717, 1.165) is 36.5 Å². The average Bonchev–Trinajstić information content (AvgIpc) is 2.89. The number of hydrogen-bond donors (Lipinski definition) is 1. The number of nitrogens with zero attached hydrogens (tertiary/aromatic N) is 2. The quantitative estimate of drug-likeness (QED) is 0.470. The van der Waals surface area contributed by atoms with Crippen molar-refractivity contribution in [2.75, 3.05) is 19.7 Å². The first-order valence-corrected chi connectivity index (χ1v) is 11.3. The molecule has 3 heterocycles. The summed E-state index contributed by atoms with van der Waals surface area (Å²) >= 11 is 4.83. The molecule has 0 amide bonds. The van der Waals surface area contributed by atoms with Gasteiger partial charge in [-0.3, -0.25) is 9.78 Å². The van der Waals surface area contributed by atoms with Gasteiger partial charge in [0.15, 0.2) is 5.43 Å². The fourth-order valence-electron chi connectivity index (χ4n) is 2.83. The van der Waals surface area contributed by atoms with Crippen LogP contribution in [0, 0.1) is 0 Å². The number of hydrogen-bond acceptors (Lipinski definition) is 7. The number of esters is 1. The molecule has 9 heteroatoms. The fourth-order valence-corrected chi connectivity index (χ4v) is 4.19. The highest BCUT2D eigenvalue weighted by Crippen LogP contribution is 2.29. The van der Waals surface area contributed by atoms with Crippen LogP contribution < -0.4 is 10.7 Å². The van der Waals surface area contributed by atoms with Gasteiger partial charge in [-0.2, -0.15) is 0 Å². The molecule has 2 aromatic heterocycles. The summed E-state index contributed by atoms with van der Waals surface area (Å²) in [6.07, 6.45) is 5.07. The van der Waals surface area contributed by atoms with Gasteiger partial charge >= 0.3 is 5.97 Å². The lowest BCUT2D eigenvalue weighted by atomic mass is 10.1. The second kappa shape index (κ2) is 12.8. The maximum atomic E-state index is 11.6. The number of thiazole rings is 1. The Morgan fingerprint density at radius 1 is 1.13 bits per heavy atom. The summed E-state index contributed by atoms with van der Waals surface area (Å²) in [6.45, 7) is 4.23. The summed E-state index contributed by atoms with van der Waals surface area (Å²) in [5.74, 6) is -0.273. The second-order valence-electron chi connectivity index (χ2n) is 6.43. The van der Waals surface area contributed by atoms with E-state index in [1.54, 1.807) is 23.6 Å². The third-order valence-electron chi connectivity index (χ3n) is 4.34. The number of rotatable bonds is 3. The number of ether oxygens (including phenoxy) is 1. The van der Waals surface area contributed by atoms with E-state index in [1.807, 2.05) is 31.2 Å². The molecule has 6 nitrogen and oxygen atoms in total. The molecule has 0 unspecified atom stereocenters. The Hall–Kier alpha value is -1.94. The third kappa shape index (κ3) is 7.31. The first kappa shape index (κ1) is 25.3. The van der Waals surface area contributed by atoms with Crippen LogP contribution in [0.25, 0.3) is 10.6 Å². The molecule has 1 aromatic carbocycles. The summed E-state index contributed by atoms with van der Waals surface area (Å²) < 4.78 is 5.54. The fraction of sp³-hybridized carbons (Fsp3) is 0.273. The van der Waals surface area contributed by atoms with Crippen molar-refractivity contribution in [3.63, 3.8) is 0 Å². The Labute approximate surface area is 204 Å².